The van der Waals surface area contributed by atoms with E-state index < -0.39 is 17.5 Å². The van der Waals surface area contributed by atoms with E-state index >= 15 is 0 Å². The minimum absolute atomic E-state index is 0.0133. The standard InChI is InChI=1S/C36H66N6O4/c1-24(2)29(21-26(5)33(45)42-20-16-18-27(42)31(43)37-22-36(9,10)23-39(11)12)40(13)34(46)30(35(6,7)8)38-32(44)28-17-14-15-19-41(28)25(3)4/h21,24-25,27-30H,14-20,22-23H2,1-13H3,(H,37,43)(H,38,44)/b26-21+/t27-,28?,29+,30+/m0/s1. The fourth-order valence-electron chi connectivity index (χ4n) is 7.04. The minimum Gasteiger partial charge on any atom is -0.354 e. The van der Waals surface area contributed by atoms with Crippen LogP contribution in [0, 0.1) is 16.7 Å². The Hall–Kier alpha value is -2.46. The van der Waals surface area contributed by atoms with Gasteiger partial charge in [-0.25, -0.2) is 0 Å². The molecule has 2 saturated heterocycles. The number of nitrogens with one attached hydrogen (secondary N) is 2. The van der Waals surface area contributed by atoms with E-state index in [0.717, 1.165) is 38.8 Å². The zero-order valence-electron chi connectivity index (χ0n) is 31.3. The molecule has 0 radical (unpaired) electrons. The van der Waals surface area contributed by atoms with Crippen LogP contribution >= 0.6 is 0 Å². The SMILES string of the molecule is C/C(=C\[C@H](C(C)C)N(C)C(=O)[C@@H](NC(=O)C1CCCCN1C(C)C)C(C)(C)C)C(=O)N1CCC[C@H]1C(=O)NCC(C)(C)CN(C)C. The topological polar surface area (TPSA) is 105 Å². The van der Waals surface area contributed by atoms with Gasteiger partial charge in [-0.2, -0.15) is 0 Å². The lowest BCUT2D eigenvalue weighted by atomic mass is 9.84. The lowest BCUT2D eigenvalue weighted by Gasteiger charge is -2.41. The van der Waals surface area contributed by atoms with Crippen LogP contribution in [0.5, 0.6) is 0 Å². The number of piperidine rings is 1. The highest BCUT2D eigenvalue weighted by atomic mass is 16.2. The van der Waals surface area contributed by atoms with E-state index in [4.69, 9.17) is 0 Å². The number of hydrogen-bond donors (Lipinski definition) is 2. The van der Waals surface area contributed by atoms with E-state index in [1.54, 1.807) is 23.8 Å². The maximum Gasteiger partial charge on any atom is 0.249 e. The molecule has 4 atom stereocenters. The molecule has 0 bridgehead atoms. The highest BCUT2D eigenvalue weighted by Gasteiger charge is 2.40. The van der Waals surface area contributed by atoms with Crippen LogP contribution in [0.3, 0.4) is 0 Å². The fraction of sp³-hybridized carbons (Fsp3) is 0.833. The minimum atomic E-state index is -0.727. The molecule has 46 heavy (non-hydrogen) atoms. The summed E-state index contributed by atoms with van der Waals surface area (Å²) in [5, 5.41) is 6.23. The van der Waals surface area contributed by atoms with E-state index in [1.807, 2.05) is 54.8 Å². The number of carbonyl (C=O) groups is 4. The summed E-state index contributed by atoms with van der Waals surface area (Å²) in [7, 11) is 5.79. The molecule has 264 valence electrons. The van der Waals surface area contributed by atoms with E-state index in [0.29, 0.717) is 25.1 Å². The molecule has 2 rings (SSSR count). The number of likely N-dealkylation sites (tertiary alicyclic amines) is 2. The molecule has 0 aliphatic carbocycles. The summed E-state index contributed by atoms with van der Waals surface area (Å²) < 4.78 is 0. The van der Waals surface area contributed by atoms with Crippen molar-refractivity contribution in [1.29, 1.82) is 0 Å². The van der Waals surface area contributed by atoms with Crippen LogP contribution in [-0.2, 0) is 19.2 Å². The Morgan fingerprint density at radius 1 is 0.870 bits per heavy atom. The molecule has 0 aromatic heterocycles. The number of amides is 4. The van der Waals surface area contributed by atoms with Crippen LogP contribution in [0.15, 0.2) is 11.6 Å². The summed E-state index contributed by atoms with van der Waals surface area (Å²) >= 11 is 0. The van der Waals surface area contributed by atoms with Crippen molar-refractivity contribution < 1.29 is 19.2 Å². The van der Waals surface area contributed by atoms with E-state index in [1.165, 1.54) is 0 Å². The van der Waals surface area contributed by atoms with Crippen molar-refractivity contribution in [2.24, 2.45) is 16.7 Å². The summed E-state index contributed by atoms with van der Waals surface area (Å²) in [5.41, 5.74) is -0.110. The summed E-state index contributed by atoms with van der Waals surface area (Å²) in [5.74, 6) is -0.554. The molecule has 10 heteroatoms. The van der Waals surface area contributed by atoms with Gasteiger partial charge < -0.3 is 25.3 Å². The Morgan fingerprint density at radius 3 is 2.02 bits per heavy atom. The largest absolute Gasteiger partial charge is 0.354 e. The predicted molar refractivity (Wildman–Crippen MR) is 186 cm³/mol. The van der Waals surface area contributed by atoms with Crippen LogP contribution in [0.1, 0.15) is 101 Å². The maximum atomic E-state index is 14.2. The van der Waals surface area contributed by atoms with Gasteiger partial charge in [-0.15, -0.1) is 0 Å². The van der Waals surface area contributed by atoms with Crippen molar-refractivity contribution in [2.45, 2.75) is 132 Å². The monoisotopic (exact) mass is 647 g/mol. The predicted octanol–water partition coefficient (Wildman–Crippen LogP) is 3.90. The van der Waals surface area contributed by atoms with Gasteiger partial charge in [-0.3, -0.25) is 24.1 Å². The Balaban J connectivity index is 2.22. The van der Waals surface area contributed by atoms with E-state index in [9.17, 15) is 19.2 Å². The van der Waals surface area contributed by atoms with Crippen molar-refractivity contribution in [2.75, 3.05) is 47.3 Å². The first-order valence-corrected chi connectivity index (χ1v) is 17.4. The third kappa shape index (κ3) is 10.8. The number of likely N-dealkylation sites (N-methyl/N-ethyl adjacent to an activating group) is 1. The smallest absolute Gasteiger partial charge is 0.249 e. The second kappa shape index (κ2) is 16.6. The first kappa shape index (κ1) is 39.7. The van der Waals surface area contributed by atoms with Crippen molar-refractivity contribution in [3.8, 4) is 0 Å². The number of carbonyl (C=O) groups excluding carboxylic acids is 4. The molecule has 4 amide bonds. The van der Waals surface area contributed by atoms with Gasteiger partial charge in [-0.05, 0) is 83.8 Å². The van der Waals surface area contributed by atoms with E-state index in [-0.39, 0.29) is 53.1 Å². The first-order valence-electron chi connectivity index (χ1n) is 17.4. The second-order valence-corrected chi connectivity index (χ2v) is 16.5. The second-order valence-electron chi connectivity index (χ2n) is 16.5. The van der Waals surface area contributed by atoms with Crippen LogP contribution in [0.4, 0.5) is 0 Å². The molecule has 2 fully saturated rings. The molecule has 0 aromatic rings. The Bertz CT molecular complexity index is 1090. The molecule has 1 unspecified atom stereocenters. The third-order valence-corrected chi connectivity index (χ3v) is 9.45. The average molecular weight is 647 g/mol. The van der Waals surface area contributed by atoms with Gasteiger partial charge in [-0.1, -0.05) is 61.0 Å². The Morgan fingerprint density at radius 2 is 1.48 bits per heavy atom. The zero-order valence-corrected chi connectivity index (χ0v) is 31.3. The highest BCUT2D eigenvalue weighted by Crippen LogP contribution is 2.27. The van der Waals surface area contributed by atoms with Crippen molar-refractivity contribution in [3.63, 3.8) is 0 Å². The third-order valence-electron chi connectivity index (χ3n) is 9.45. The molecule has 2 aliphatic rings. The Labute approximate surface area is 280 Å². The first-order chi connectivity index (χ1) is 21.2. The molecule has 0 saturated carbocycles. The molecule has 0 aromatic carbocycles. The molecule has 2 N–H and O–H groups in total. The Kier molecular flexibility index (Phi) is 14.3. The molecule has 10 nitrogen and oxygen atoms in total. The molecule has 2 heterocycles. The normalized spacial score (nSPS) is 21.5. The van der Waals surface area contributed by atoms with Gasteiger partial charge in [0.1, 0.15) is 12.1 Å². The molecular formula is C36H66N6O4. The van der Waals surface area contributed by atoms with Crippen molar-refractivity contribution in [1.82, 2.24) is 30.2 Å². The fourth-order valence-corrected chi connectivity index (χ4v) is 7.04. The van der Waals surface area contributed by atoms with Gasteiger partial charge in [0.2, 0.25) is 23.6 Å². The van der Waals surface area contributed by atoms with Gasteiger partial charge >= 0.3 is 0 Å². The van der Waals surface area contributed by atoms with Crippen LogP contribution in [0.2, 0.25) is 0 Å². The number of hydrogen-bond acceptors (Lipinski definition) is 6. The summed E-state index contributed by atoms with van der Waals surface area (Å²) in [6, 6.07) is -1.61. The lowest BCUT2D eigenvalue weighted by molar-refractivity contribution is -0.142. The number of nitrogens with zero attached hydrogens (tertiary/aromatic N) is 4. The quantitative estimate of drug-likeness (QED) is 0.294. The maximum absolute atomic E-state index is 14.2. The zero-order chi connectivity index (χ0) is 35.1. The highest BCUT2D eigenvalue weighted by molar-refractivity contribution is 5.97. The van der Waals surface area contributed by atoms with Gasteiger partial charge in [0.05, 0.1) is 12.1 Å². The molecule has 0 spiro atoms. The van der Waals surface area contributed by atoms with Gasteiger partial charge in [0, 0.05) is 38.3 Å². The van der Waals surface area contributed by atoms with Crippen LogP contribution in [0.25, 0.3) is 0 Å². The average Bonchev–Trinajstić information content (AvgIpc) is 3.44. The summed E-state index contributed by atoms with van der Waals surface area (Å²) in [6.45, 7) is 23.0. The van der Waals surface area contributed by atoms with Crippen LogP contribution < -0.4 is 10.6 Å². The van der Waals surface area contributed by atoms with Crippen molar-refractivity contribution in [3.05, 3.63) is 11.6 Å². The van der Waals surface area contributed by atoms with E-state index in [2.05, 4.69) is 48.1 Å². The number of rotatable bonds is 13. The molecule has 2 aliphatic heterocycles. The van der Waals surface area contributed by atoms with Crippen molar-refractivity contribution >= 4 is 23.6 Å². The van der Waals surface area contributed by atoms with Crippen LogP contribution in [-0.4, -0.2) is 121 Å². The van der Waals surface area contributed by atoms with Gasteiger partial charge in [0.25, 0.3) is 0 Å². The summed E-state index contributed by atoms with van der Waals surface area (Å²) in [6.07, 6.45) is 6.12. The summed E-state index contributed by atoms with van der Waals surface area (Å²) in [4.78, 5) is 62.5. The lowest BCUT2D eigenvalue weighted by Crippen LogP contribution is -2.60. The van der Waals surface area contributed by atoms with Gasteiger partial charge in [0.15, 0.2) is 0 Å². The molecular weight excluding hydrogens is 580 g/mol.